The van der Waals surface area contributed by atoms with Crippen LogP contribution in [0.15, 0.2) is 6.20 Å². The summed E-state index contributed by atoms with van der Waals surface area (Å²) in [6.45, 7) is 1.49. The van der Waals surface area contributed by atoms with Gasteiger partial charge < -0.3 is 15.4 Å². The monoisotopic (exact) mass is 294 g/mol. The average molecular weight is 294 g/mol. The van der Waals surface area contributed by atoms with Gasteiger partial charge in [0, 0.05) is 18.5 Å². The van der Waals surface area contributed by atoms with Crippen LogP contribution in [0, 0.1) is 5.92 Å². The van der Waals surface area contributed by atoms with Crippen molar-refractivity contribution in [3.05, 3.63) is 11.9 Å². The van der Waals surface area contributed by atoms with Gasteiger partial charge in [-0.2, -0.15) is 5.10 Å². The summed E-state index contributed by atoms with van der Waals surface area (Å²) in [7, 11) is 5.57. The molecule has 1 aromatic heterocycles. The minimum absolute atomic E-state index is 0.0480. The molecule has 0 aromatic carbocycles. The zero-order chi connectivity index (χ0) is 15.4. The van der Waals surface area contributed by atoms with E-state index >= 15 is 0 Å². The highest BCUT2D eigenvalue weighted by atomic mass is 16.5. The highest BCUT2D eigenvalue weighted by molar-refractivity contribution is 5.99. The summed E-state index contributed by atoms with van der Waals surface area (Å²) in [5.41, 5.74) is 6.72. The first kappa shape index (κ1) is 16.0. The molecule has 118 valence electrons. The molecule has 1 saturated carbocycles. The Morgan fingerprint density at radius 1 is 1.48 bits per heavy atom. The Balaban J connectivity index is 2.23. The van der Waals surface area contributed by atoms with E-state index in [0.717, 1.165) is 32.2 Å². The van der Waals surface area contributed by atoms with Gasteiger partial charge >= 0.3 is 0 Å². The Kier molecular flexibility index (Phi) is 5.36. The Hall–Kier alpha value is -1.40. The average Bonchev–Trinajstić information content (AvgIpc) is 2.87. The summed E-state index contributed by atoms with van der Waals surface area (Å²) in [6.07, 6.45) is 5.59. The van der Waals surface area contributed by atoms with Crippen LogP contribution in [-0.2, 0) is 6.54 Å². The van der Waals surface area contributed by atoms with Gasteiger partial charge in [0.2, 0.25) is 0 Å². The molecule has 1 aliphatic carbocycles. The molecule has 0 radical (unpaired) electrons. The quantitative estimate of drug-likeness (QED) is 0.797. The fourth-order valence-corrected chi connectivity index (χ4v) is 2.89. The van der Waals surface area contributed by atoms with Gasteiger partial charge in [-0.1, -0.05) is 12.8 Å². The molecule has 6 heteroatoms. The molecule has 6 nitrogen and oxygen atoms in total. The number of carbonyl (C=O) groups is 1. The molecule has 0 bridgehead atoms. The maximum Gasteiger partial charge on any atom is 0.189 e. The molecule has 0 spiro atoms. The number of ether oxygens (including phenoxy) is 1. The molecule has 0 saturated heterocycles. The van der Waals surface area contributed by atoms with Gasteiger partial charge in [-0.15, -0.1) is 0 Å². The number of ketones is 1. The van der Waals surface area contributed by atoms with Gasteiger partial charge in [0.15, 0.2) is 11.5 Å². The molecule has 2 rings (SSSR count). The van der Waals surface area contributed by atoms with Crippen molar-refractivity contribution in [3.63, 3.8) is 0 Å². The summed E-state index contributed by atoms with van der Waals surface area (Å²) < 4.78 is 7.07. The molecule has 1 fully saturated rings. The van der Waals surface area contributed by atoms with Gasteiger partial charge in [-0.25, -0.2) is 0 Å². The highest BCUT2D eigenvalue weighted by Gasteiger charge is 2.33. The fraction of sp³-hybridized carbons (Fsp3) is 0.733. The minimum atomic E-state index is -0.109. The van der Waals surface area contributed by atoms with E-state index in [0.29, 0.717) is 18.0 Å². The van der Waals surface area contributed by atoms with E-state index in [9.17, 15) is 4.79 Å². The van der Waals surface area contributed by atoms with E-state index in [1.807, 2.05) is 14.1 Å². The number of nitrogens with two attached hydrogens (primary N) is 1. The summed E-state index contributed by atoms with van der Waals surface area (Å²) in [6, 6.07) is -0.0480. The topological polar surface area (TPSA) is 73.4 Å². The van der Waals surface area contributed by atoms with Crippen molar-refractivity contribution in [2.75, 3.05) is 27.7 Å². The third-order valence-electron chi connectivity index (χ3n) is 4.17. The van der Waals surface area contributed by atoms with Crippen molar-refractivity contribution in [1.29, 1.82) is 0 Å². The minimum Gasteiger partial charge on any atom is -0.493 e. The Bertz CT molecular complexity index is 484. The lowest BCUT2D eigenvalue weighted by molar-refractivity contribution is 0.0855. The van der Waals surface area contributed by atoms with Crippen molar-refractivity contribution < 1.29 is 9.53 Å². The first-order valence-corrected chi connectivity index (χ1v) is 7.59. The molecule has 2 N–H and O–H groups in total. The normalized spacial score (nSPS) is 22.5. The van der Waals surface area contributed by atoms with E-state index in [1.165, 1.54) is 0 Å². The molecule has 2 atom stereocenters. The van der Waals surface area contributed by atoms with E-state index in [4.69, 9.17) is 10.5 Å². The Morgan fingerprint density at radius 2 is 2.19 bits per heavy atom. The molecular formula is C15H26N4O2. The van der Waals surface area contributed by atoms with E-state index in [-0.39, 0.29) is 17.7 Å². The third-order valence-corrected chi connectivity index (χ3v) is 4.17. The second kappa shape index (κ2) is 7.04. The van der Waals surface area contributed by atoms with Gasteiger partial charge in [-0.3, -0.25) is 9.48 Å². The van der Waals surface area contributed by atoms with Crippen LogP contribution in [0.1, 0.15) is 36.2 Å². The van der Waals surface area contributed by atoms with Crippen molar-refractivity contribution in [2.24, 2.45) is 11.7 Å². The second-order valence-electron chi connectivity index (χ2n) is 6.01. The van der Waals surface area contributed by atoms with Crippen LogP contribution in [0.4, 0.5) is 0 Å². The smallest absolute Gasteiger partial charge is 0.189 e. The zero-order valence-corrected chi connectivity index (χ0v) is 13.2. The first-order chi connectivity index (χ1) is 10.0. The zero-order valence-electron chi connectivity index (χ0n) is 13.2. The predicted octanol–water partition coefficient (Wildman–Crippen LogP) is 1.15. The van der Waals surface area contributed by atoms with E-state index < -0.39 is 0 Å². The number of methoxy groups -OCH3 is 1. The van der Waals surface area contributed by atoms with Gasteiger partial charge in [-0.05, 0) is 26.9 Å². The molecule has 2 unspecified atom stereocenters. The lowest BCUT2D eigenvalue weighted by Crippen LogP contribution is -2.39. The molecule has 1 aliphatic rings. The molecule has 0 aliphatic heterocycles. The Labute approximate surface area is 126 Å². The lowest BCUT2D eigenvalue weighted by atomic mass is 9.81. The number of Topliss-reactive ketones (excluding diaryl/α,β-unsaturated/α-hetero) is 1. The van der Waals surface area contributed by atoms with Crippen LogP contribution < -0.4 is 10.5 Å². The van der Waals surface area contributed by atoms with Crippen LogP contribution in [0.25, 0.3) is 0 Å². The summed E-state index contributed by atoms with van der Waals surface area (Å²) in [5.74, 6) is 0.522. The van der Waals surface area contributed by atoms with Gasteiger partial charge in [0.05, 0.1) is 19.9 Å². The van der Waals surface area contributed by atoms with Crippen LogP contribution in [0.5, 0.6) is 5.75 Å². The highest BCUT2D eigenvalue weighted by Crippen LogP contribution is 2.29. The summed E-state index contributed by atoms with van der Waals surface area (Å²) in [5, 5.41) is 4.30. The maximum absolute atomic E-state index is 12.9. The second-order valence-corrected chi connectivity index (χ2v) is 6.01. The number of rotatable bonds is 6. The maximum atomic E-state index is 12.9. The number of carbonyl (C=O) groups excluding carboxylic acids is 1. The largest absolute Gasteiger partial charge is 0.493 e. The number of nitrogens with zero attached hydrogens (tertiary/aromatic N) is 3. The van der Waals surface area contributed by atoms with Crippen molar-refractivity contribution in [1.82, 2.24) is 14.7 Å². The SMILES string of the molecule is COc1cnn(CCN(C)C)c1C(=O)C1CCCCC1N. The van der Waals surface area contributed by atoms with Gasteiger partial charge in [0.1, 0.15) is 5.69 Å². The van der Waals surface area contributed by atoms with Gasteiger partial charge in [0.25, 0.3) is 0 Å². The van der Waals surface area contributed by atoms with Crippen LogP contribution in [0.3, 0.4) is 0 Å². The number of hydrogen-bond acceptors (Lipinski definition) is 5. The number of likely N-dealkylation sites (N-methyl/N-ethyl adjacent to an activating group) is 1. The van der Waals surface area contributed by atoms with E-state index in [1.54, 1.807) is 18.0 Å². The summed E-state index contributed by atoms with van der Waals surface area (Å²) in [4.78, 5) is 14.9. The fourth-order valence-electron chi connectivity index (χ4n) is 2.89. The molecule has 1 aromatic rings. The van der Waals surface area contributed by atoms with Crippen LogP contribution in [-0.4, -0.2) is 54.3 Å². The molecule has 21 heavy (non-hydrogen) atoms. The van der Waals surface area contributed by atoms with Crippen molar-refractivity contribution in [3.8, 4) is 5.75 Å². The molecule has 0 amide bonds. The predicted molar refractivity (Wildman–Crippen MR) is 81.6 cm³/mol. The molecule has 1 heterocycles. The van der Waals surface area contributed by atoms with E-state index in [2.05, 4.69) is 10.00 Å². The lowest BCUT2D eigenvalue weighted by Gasteiger charge is -2.27. The first-order valence-electron chi connectivity index (χ1n) is 7.59. The molecular weight excluding hydrogens is 268 g/mol. The van der Waals surface area contributed by atoms with Crippen molar-refractivity contribution >= 4 is 5.78 Å². The summed E-state index contributed by atoms with van der Waals surface area (Å²) >= 11 is 0. The number of aromatic nitrogens is 2. The standard InChI is InChI=1S/C15H26N4O2/c1-18(2)8-9-19-14(13(21-3)10-17-19)15(20)11-6-4-5-7-12(11)16/h10-12H,4-9,16H2,1-3H3. The van der Waals surface area contributed by atoms with Crippen LogP contribution in [0.2, 0.25) is 0 Å². The third kappa shape index (κ3) is 3.63. The Morgan fingerprint density at radius 3 is 2.81 bits per heavy atom. The van der Waals surface area contributed by atoms with Crippen LogP contribution >= 0.6 is 0 Å². The number of hydrogen-bond donors (Lipinski definition) is 1. The van der Waals surface area contributed by atoms with Crippen molar-refractivity contribution in [2.45, 2.75) is 38.3 Å².